The monoisotopic (exact) mass is 233 g/mol. The maximum Gasteiger partial charge on any atom is 0.142 e. The molecule has 0 radical (unpaired) electrons. The Morgan fingerprint density at radius 2 is 2.29 bits per heavy atom. The molecule has 0 saturated carbocycles. The summed E-state index contributed by atoms with van der Waals surface area (Å²) >= 11 is 0. The molecule has 0 aliphatic carbocycles. The minimum absolute atomic E-state index is 0.526. The van der Waals surface area contributed by atoms with Crippen molar-refractivity contribution in [2.24, 2.45) is 0 Å². The second-order valence-electron chi connectivity index (χ2n) is 3.52. The molecule has 90 valence electrons. The van der Waals surface area contributed by atoms with Crippen molar-refractivity contribution in [2.75, 3.05) is 19.5 Å². The van der Waals surface area contributed by atoms with Gasteiger partial charge in [-0.15, -0.1) is 0 Å². The van der Waals surface area contributed by atoms with Crippen LogP contribution in [0.1, 0.15) is 0 Å². The number of methoxy groups -OCH3 is 1. The van der Waals surface area contributed by atoms with E-state index in [0.717, 1.165) is 5.75 Å². The first kappa shape index (κ1) is 11.3. The zero-order valence-electron chi connectivity index (χ0n) is 9.67. The normalized spacial score (nSPS) is 10.2. The molecule has 5 heteroatoms. The van der Waals surface area contributed by atoms with Crippen LogP contribution in [-0.2, 0) is 6.54 Å². The lowest BCUT2D eigenvalue weighted by molar-refractivity contribution is 0.292. The fraction of sp³-hybridized carbons (Fsp3) is 0.250. The van der Waals surface area contributed by atoms with Gasteiger partial charge in [-0.05, 0) is 18.2 Å². The highest BCUT2D eigenvalue weighted by Gasteiger charge is 2.02. The summed E-state index contributed by atoms with van der Waals surface area (Å²) in [7, 11) is 1.60. The van der Waals surface area contributed by atoms with Gasteiger partial charge in [-0.2, -0.15) is 5.10 Å². The van der Waals surface area contributed by atoms with Crippen molar-refractivity contribution in [2.45, 2.75) is 6.54 Å². The molecule has 2 N–H and O–H groups in total. The first-order valence-corrected chi connectivity index (χ1v) is 5.33. The molecule has 17 heavy (non-hydrogen) atoms. The summed E-state index contributed by atoms with van der Waals surface area (Å²) in [5.41, 5.74) is 6.40. The Balaban J connectivity index is 1.90. The molecule has 1 aromatic heterocycles. The number of nitrogens with zero attached hydrogens (tertiary/aromatic N) is 2. The minimum atomic E-state index is 0.526. The fourth-order valence-electron chi connectivity index (χ4n) is 1.47. The Morgan fingerprint density at radius 3 is 2.94 bits per heavy atom. The summed E-state index contributed by atoms with van der Waals surface area (Å²) in [5.74, 6) is 1.39. The summed E-state index contributed by atoms with van der Waals surface area (Å²) in [6, 6.07) is 7.24. The number of benzene rings is 1. The lowest BCUT2D eigenvalue weighted by atomic mass is 10.3. The third kappa shape index (κ3) is 2.90. The number of anilines is 1. The van der Waals surface area contributed by atoms with Crippen LogP contribution in [0.2, 0.25) is 0 Å². The molecule has 0 unspecified atom stereocenters. The van der Waals surface area contributed by atoms with Crippen molar-refractivity contribution in [3.05, 3.63) is 36.7 Å². The number of rotatable bonds is 5. The van der Waals surface area contributed by atoms with Crippen molar-refractivity contribution in [1.82, 2.24) is 9.78 Å². The fourth-order valence-corrected chi connectivity index (χ4v) is 1.47. The molecule has 0 amide bonds. The van der Waals surface area contributed by atoms with Crippen LogP contribution in [0.15, 0.2) is 36.7 Å². The number of hydrogen-bond acceptors (Lipinski definition) is 4. The topological polar surface area (TPSA) is 62.3 Å². The Kier molecular flexibility index (Phi) is 3.49. The second-order valence-corrected chi connectivity index (χ2v) is 3.52. The predicted molar refractivity (Wildman–Crippen MR) is 65.1 cm³/mol. The Bertz CT molecular complexity index is 469. The van der Waals surface area contributed by atoms with E-state index < -0.39 is 0 Å². The van der Waals surface area contributed by atoms with Crippen LogP contribution < -0.4 is 15.2 Å². The molecule has 0 aliphatic rings. The molecule has 1 aromatic carbocycles. The van der Waals surface area contributed by atoms with E-state index in [1.807, 2.05) is 18.3 Å². The molecule has 1 heterocycles. The average molecular weight is 233 g/mol. The van der Waals surface area contributed by atoms with E-state index in [-0.39, 0.29) is 0 Å². The number of aromatic nitrogens is 2. The van der Waals surface area contributed by atoms with Crippen molar-refractivity contribution in [3.8, 4) is 11.5 Å². The van der Waals surface area contributed by atoms with Crippen LogP contribution in [-0.4, -0.2) is 23.5 Å². The quantitative estimate of drug-likeness (QED) is 0.796. The second kappa shape index (κ2) is 5.25. The van der Waals surface area contributed by atoms with Gasteiger partial charge in [0, 0.05) is 18.5 Å². The van der Waals surface area contributed by atoms with Gasteiger partial charge >= 0.3 is 0 Å². The van der Waals surface area contributed by atoms with Crippen molar-refractivity contribution >= 4 is 5.69 Å². The van der Waals surface area contributed by atoms with Crippen molar-refractivity contribution in [1.29, 1.82) is 0 Å². The Morgan fingerprint density at radius 1 is 1.41 bits per heavy atom. The molecule has 0 atom stereocenters. The first-order chi connectivity index (χ1) is 8.29. The maximum absolute atomic E-state index is 5.83. The molecule has 0 spiro atoms. The first-order valence-electron chi connectivity index (χ1n) is 5.33. The number of nitrogens with two attached hydrogens (primary N) is 1. The van der Waals surface area contributed by atoms with Gasteiger partial charge < -0.3 is 15.2 Å². The highest BCUT2D eigenvalue weighted by Crippen LogP contribution is 2.26. The number of hydrogen-bond donors (Lipinski definition) is 1. The van der Waals surface area contributed by atoms with Crippen LogP contribution in [0.5, 0.6) is 11.5 Å². The van der Waals surface area contributed by atoms with Gasteiger partial charge in [0.25, 0.3) is 0 Å². The van der Waals surface area contributed by atoms with Crippen LogP contribution in [0.4, 0.5) is 5.69 Å². The largest absolute Gasteiger partial charge is 0.497 e. The van der Waals surface area contributed by atoms with E-state index in [1.54, 1.807) is 30.1 Å². The zero-order valence-corrected chi connectivity index (χ0v) is 9.67. The summed E-state index contributed by atoms with van der Waals surface area (Å²) in [6.45, 7) is 1.22. The highest BCUT2D eigenvalue weighted by atomic mass is 16.5. The molecule has 0 saturated heterocycles. The summed E-state index contributed by atoms with van der Waals surface area (Å²) in [6.07, 6.45) is 3.63. The summed E-state index contributed by atoms with van der Waals surface area (Å²) in [5, 5.41) is 4.08. The number of ether oxygens (including phenoxy) is 2. The average Bonchev–Trinajstić information content (AvgIpc) is 2.84. The van der Waals surface area contributed by atoms with E-state index in [4.69, 9.17) is 15.2 Å². The molecule has 2 rings (SSSR count). The Labute approximate surface area is 99.8 Å². The van der Waals surface area contributed by atoms with Crippen LogP contribution in [0.3, 0.4) is 0 Å². The van der Waals surface area contributed by atoms with Gasteiger partial charge in [0.15, 0.2) is 0 Å². The maximum atomic E-state index is 5.83. The van der Waals surface area contributed by atoms with Gasteiger partial charge in [-0.1, -0.05) is 0 Å². The smallest absolute Gasteiger partial charge is 0.142 e. The van der Waals surface area contributed by atoms with Gasteiger partial charge in [-0.3, -0.25) is 4.68 Å². The van der Waals surface area contributed by atoms with Crippen LogP contribution in [0.25, 0.3) is 0 Å². The van der Waals surface area contributed by atoms with E-state index in [1.165, 1.54) is 0 Å². The third-order valence-electron chi connectivity index (χ3n) is 2.35. The lowest BCUT2D eigenvalue weighted by Crippen LogP contribution is -2.09. The molecular weight excluding hydrogens is 218 g/mol. The number of nitrogen functional groups attached to an aromatic ring is 1. The van der Waals surface area contributed by atoms with E-state index in [0.29, 0.717) is 24.6 Å². The molecular formula is C12H15N3O2. The highest BCUT2D eigenvalue weighted by molar-refractivity contribution is 5.56. The standard InChI is InChI=1S/C12H15N3O2/c1-16-10-3-4-12(11(13)9-10)17-8-7-15-6-2-5-14-15/h2-6,9H,7-8,13H2,1H3. The molecule has 0 aliphatic heterocycles. The van der Waals surface area contributed by atoms with E-state index in [9.17, 15) is 0 Å². The SMILES string of the molecule is COc1ccc(OCCn2cccn2)c(N)c1. The molecule has 2 aromatic rings. The van der Waals surface area contributed by atoms with E-state index in [2.05, 4.69) is 5.10 Å². The molecule has 0 fully saturated rings. The predicted octanol–water partition coefficient (Wildman–Crippen LogP) is 1.55. The zero-order chi connectivity index (χ0) is 12.1. The minimum Gasteiger partial charge on any atom is -0.497 e. The van der Waals surface area contributed by atoms with E-state index >= 15 is 0 Å². The van der Waals surface area contributed by atoms with Gasteiger partial charge in [0.1, 0.15) is 18.1 Å². The van der Waals surface area contributed by atoms with Crippen LogP contribution >= 0.6 is 0 Å². The lowest BCUT2D eigenvalue weighted by Gasteiger charge is -2.10. The van der Waals surface area contributed by atoms with Crippen LogP contribution in [0, 0.1) is 0 Å². The van der Waals surface area contributed by atoms with Gasteiger partial charge in [0.05, 0.1) is 19.3 Å². The van der Waals surface area contributed by atoms with Gasteiger partial charge in [-0.25, -0.2) is 0 Å². The molecule has 5 nitrogen and oxygen atoms in total. The molecule has 0 bridgehead atoms. The van der Waals surface area contributed by atoms with Crippen molar-refractivity contribution < 1.29 is 9.47 Å². The summed E-state index contributed by atoms with van der Waals surface area (Å²) < 4.78 is 12.4. The Hall–Kier alpha value is -2.17. The third-order valence-corrected chi connectivity index (χ3v) is 2.35. The van der Waals surface area contributed by atoms with Gasteiger partial charge in [0.2, 0.25) is 0 Å². The summed E-state index contributed by atoms with van der Waals surface area (Å²) in [4.78, 5) is 0. The van der Waals surface area contributed by atoms with Crippen molar-refractivity contribution in [3.63, 3.8) is 0 Å².